The molecule has 0 unspecified atom stereocenters. The number of rotatable bonds is 4. The van der Waals surface area contributed by atoms with Gasteiger partial charge in [-0.2, -0.15) is 5.10 Å². The molecule has 0 spiro atoms. The molecule has 1 aliphatic heterocycles. The van der Waals surface area contributed by atoms with E-state index in [1.165, 1.54) is 5.69 Å². The van der Waals surface area contributed by atoms with E-state index in [-0.39, 0.29) is 12.1 Å². The summed E-state index contributed by atoms with van der Waals surface area (Å²) in [6.07, 6.45) is 0.123. The van der Waals surface area contributed by atoms with Gasteiger partial charge >= 0.3 is 0 Å². The highest BCUT2D eigenvalue weighted by Crippen LogP contribution is 2.22. The standard InChI is InChI=1S/C15H23N5O2/c1-10-7-11(2)20(18-10)9-14-8-19(5-6-21-14)12(3)15-17-16-13(4)22-15/h7,12,14H,5-6,8-9H2,1-4H3/t12-,14-/m1/s1. The first-order valence-electron chi connectivity index (χ1n) is 7.69. The molecule has 2 aromatic heterocycles. The molecule has 22 heavy (non-hydrogen) atoms. The number of hydrogen-bond acceptors (Lipinski definition) is 6. The van der Waals surface area contributed by atoms with E-state index in [9.17, 15) is 0 Å². The normalized spacial score (nSPS) is 21.2. The highest BCUT2D eigenvalue weighted by molar-refractivity contribution is 5.06. The molecule has 0 bridgehead atoms. The molecule has 1 fully saturated rings. The summed E-state index contributed by atoms with van der Waals surface area (Å²) >= 11 is 0. The summed E-state index contributed by atoms with van der Waals surface area (Å²) in [5, 5.41) is 12.6. The number of ether oxygens (including phenoxy) is 1. The molecular weight excluding hydrogens is 282 g/mol. The molecule has 3 rings (SSSR count). The van der Waals surface area contributed by atoms with Crippen LogP contribution in [0.15, 0.2) is 10.5 Å². The van der Waals surface area contributed by atoms with Gasteiger partial charge in [0.25, 0.3) is 0 Å². The second-order valence-electron chi connectivity index (χ2n) is 5.93. The Hall–Kier alpha value is -1.73. The van der Waals surface area contributed by atoms with Crippen LogP contribution in [0.2, 0.25) is 0 Å². The molecule has 120 valence electrons. The molecule has 0 aromatic carbocycles. The van der Waals surface area contributed by atoms with Gasteiger partial charge in [0.2, 0.25) is 11.8 Å². The van der Waals surface area contributed by atoms with Crippen LogP contribution >= 0.6 is 0 Å². The maximum atomic E-state index is 5.90. The van der Waals surface area contributed by atoms with Gasteiger partial charge < -0.3 is 9.15 Å². The second-order valence-corrected chi connectivity index (χ2v) is 5.93. The fourth-order valence-electron chi connectivity index (χ4n) is 2.89. The topological polar surface area (TPSA) is 69.2 Å². The van der Waals surface area contributed by atoms with Crippen LogP contribution < -0.4 is 0 Å². The smallest absolute Gasteiger partial charge is 0.233 e. The monoisotopic (exact) mass is 305 g/mol. The van der Waals surface area contributed by atoms with Crippen molar-refractivity contribution < 1.29 is 9.15 Å². The number of nitrogens with zero attached hydrogens (tertiary/aromatic N) is 5. The van der Waals surface area contributed by atoms with E-state index >= 15 is 0 Å². The van der Waals surface area contributed by atoms with Crippen molar-refractivity contribution >= 4 is 0 Å². The fourth-order valence-corrected chi connectivity index (χ4v) is 2.89. The molecule has 1 saturated heterocycles. The SMILES string of the molecule is Cc1cc(C)n(C[C@H]2CN([C@H](C)c3nnc(C)o3)CCO2)n1. The number of aryl methyl sites for hydroxylation is 3. The van der Waals surface area contributed by atoms with Gasteiger partial charge in [-0.3, -0.25) is 9.58 Å². The van der Waals surface area contributed by atoms with Gasteiger partial charge in [0.15, 0.2) is 0 Å². The van der Waals surface area contributed by atoms with Gasteiger partial charge in [-0.25, -0.2) is 0 Å². The third kappa shape index (κ3) is 3.20. The van der Waals surface area contributed by atoms with E-state index in [1.807, 2.05) is 18.5 Å². The van der Waals surface area contributed by atoms with E-state index < -0.39 is 0 Å². The number of aromatic nitrogens is 4. The van der Waals surface area contributed by atoms with Crippen LogP contribution in [0, 0.1) is 20.8 Å². The Morgan fingerprint density at radius 2 is 2.14 bits per heavy atom. The van der Waals surface area contributed by atoms with Gasteiger partial charge in [0.1, 0.15) is 0 Å². The molecule has 7 heteroatoms. The molecule has 0 N–H and O–H groups in total. The highest BCUT2D eigenvalue weighted by Gasteiger charge is 2.28. The van der Waals surface area contributed by atoms with Crippen LogP contribution in [-0.4, -0.2) is 50.7 Å². The minimum absolute atomic E-state index is 0.105. The van der Waals surface area contributed by atoms with E-state index in [1.54, 1.807) is 0 Å². The van der Waals surface area contributed by atoms with Gasteiger partial charge in [0.05, 0.1) is 31.0 Å². The minimum atomic E-state index is 0.105. The molecule has 7 nitrogen and oxygen atoms in total. The van der Waals surface area contributed by atoms with E-state index in [2.05, 4.69) is 40.1 Å². The van der Waals surface area contributed by atoms with Crippen molar-refractivity contribution in [1.82, 2.24) is 24.9 Å². The van der Waals surface area contributed by atoms with Gasteiger partial charge in [-0.15, -0.1) is 10.2 Å². The second kappa shape index (κ2) is 6.18. The highest BCUT2D eigenvalue weighted by atomic mass is 16.5. The lowest BCUT2D eigenvalue weighted by Gasteiger charge is -2.35. The molecular formula is C15H23N5O2. The predicted molar refractivity (Wildman–Crippen MR) is 80.5 cm³/mol. The molecule has 1 aliphatic rings. The zero-order valence-corrected chi connectivity index (χ0v) is 13.6. The third-order valence-electron chi connectivity index (χ3n) is 4.10. The summed E-state index contributed by atoms with van der Waals surface area (Å²) in [6.45, 7) is 11.2. The van der Waals surface area contributed by atoms with Crippen molar-refractivity contribution in [2.45, 2.75) is 46.4 Å². The number of hydrogen-bond donors (Lipinski definition) is 0. The first-order valence-corrected chi connectivity index (χ1v) is 7.69. The van der Waals surface area contributed by atoms with Crippen molar-refractivity contribution in [3.05, 3.63) is 29.2 Å². The molecule has 2 aromatic rings. The summed E-state index contributed by atoms with van der Waals surface area (Å²) in [7, 11) is 0. The van der Waals surface area contributed by atoms with Crippen LogP contribution in [0.5, 0.6) is 0 Å². The van der Waals surface area contributed by atoms with Crippen molar-refractivity contribution in [2.24, 2.45) is 0 Å². The summed E-state index contributed by atoms with van der Waals surface area (Å²) in [6, 6.07) is 2.19. The Morgan fingerprint density at radius 1 is 1.32 bits per heavy atom. The first kappa shape index (κ1) is 15.2. The van der Waals surface area contributed by atoms with Gasteiger partial charge in [0, 0.05) is 25.7 Å². The summed E-state index contributed by atoms with van der Waals surface area (Å²) in [4.78, 5) is 2.33. The molecule has 2 atom stereocenters. The Balaban J connectivity index is 1.65. The quantitative estimate of drug-likeness (QED) is 0.855. The minimum Gasteiger partial charge on any atom is -0.424 e. The average molecular weight is 305 g/mol. The largest absolute Gasteiger partial charge is 0.424 e. The van der Waals surface area contributed by atoms with E-state index in [0.717, 1.165) is 25.3 Å². The predicted octanol–water partition coefficient (Wildman–Crippen LogP) is 1.65. The zero-order valence-electron chi connectivity index (χ0n) is 13.6. The lowest BCUT2D eigenvalue weighted by Crippen LogP contribution is -2.45. The molecule has 0 aliphatic carbocycles. The Bertz CT molecular complexity index is 636. The third-order valence-corrected chi connectivity index (χ3v) is 4.10. The summed E-state index contributed by atoms with van der Waals surface area (Å²) < 4.78 is 13.5. The number of morpholine rings is 1. The fraction of sp³-hybridized carbons (Fsp3) is 0.667. The van der Waals surface area contributed by atoms with Crippen LogP contribution in [0.4, 0.5) is 0 Å². The van der Waals surface area contributed by atoms with Gasteiger partial charge in [-0.05, 0) is 26.8 Å². The van der Waals surface area contributed by atoms with Crippen LogP contribution in [-0.2, 0) is 11.3 Å². The van der Waals surface area contributed by atoms with Crippen LogP contribution in [0.25, 0.3) is 0 Å². The van der Waals surface area contributed by atoms with Gasteiger partial charge in [-0.1, -0.05) is 0 Å². The maximum Gasteiger partial charge on any atom is 0.233 e. The summed E-state index contributed by atoms with van der Waals surface area (Å²) in [5.74, 6) is 1.28. The molecule has 0 radical (unpaired) electrons. The molecule has 3 heterocycles. The van der Waals surface area contributed by atoms with E-state index in [4.69, 9.17) is 9.15 Å². The molecule has 0 saturated carbocycles. The Labute approximate surface area is 130 Å². The maximum absolute atomic E-state index is 5.90. The average Bonchev–Trinajstić information content (AvgIpc) is 3.05. The zero-order chi connectivity index (χ0) is 15.7. The van der Waals surface area contributed by atoms with Crippen molar-refractivity contribution in [3.8, 4) is 0 Å². The van der Waals surface area contributed by atoms with Crippen molar-refractivity contribution in [3.63, 3.8) is 0 Å². The van der Waals surface area contributed by atoms with Crippen LogP contribution in [0.3, 0.4) is 0 Å². The first-order chi connectivity index (χ1) is 10.5. The Morgan fingerprint density at radius 3 is 2.77 bits per heavy atom. The lowest BCUT2D eigenvalue weighted by atomic mass is 10.2. The molecule has 0 amide bonds. The van der Waals surface area contributed by atoms with Crippen molar-refractivity contribution in [1.29, 1.82) is 0 Å². The lowest BCUT2D eigenvalue weighted by molar-refractivity contribution is -0.0530. The van der Waals surface area contributed by atoms with Crippen molar-refractivity contribution in [2.75, 3.05) is 19.7 Å². The van der Waals surface area contributed by atoms with Crippen LogP contribution in [0.1, 0.15) is 36.1 Å². The van der Waals surface area contributed by atoms with E-state index in [0.29, 0.717) is 18.4 Å². The summed E-state index contributed by atoms with van der Waals surface area (Å²) in [5.41, 5.74) is 2.21. The Kier molecular flexibility index (Phi) is 4.26.